The topological polar surface area (TPSA) is 51.0 Å². The van der Waals surface area contributed by atoms with Crippen LogP contribution in [0.1, 0.15) is 56.3 Å². The molecule has 0 amide bonds. The van der Waals surface area contributed by atoms with Crippen molar-refractivity contribution in [1.82, 2.24) is 15.5 Å². The third-order valence-corrected chi connectivity index (χ3v) is 3.36. The van der Waals surface area contributed by atoms with Crippen molar-refractivity contribution in [3.05, 3.63) is 11.7 Å². The van der Waals surface area contributed by atoms with Gasteiger partial charge < -0.3 is 9.84 Å². The van der Waals surface area contributed by atoms with E-state index in [9.17, 15) is 0 Å². The van der Waals surface area contributed by atoms with Gasteiger partial charge in [-0.15, -0.1) is 0 Å². The fraction of sp³-hybridized carbons (Fsp3) is 0.818. The summed E-state index contributed by atoms with van der Waals surface area (Å²) in [6, 6.07) is 0.286. The number of rotatable bonds is 2. The van der Waals surface area contributed by atoms with Crippen LogP contribution in [0.4, 0.5) is 0 Å². The molecule has 2 aliphatic rings. The van der Waals surface area contributed by atoms with E-state index < -0.39 is 0 Å². The Hall–Kier alpha value is -0.900. The molecule has 1 aromatic rings. The Labute approximate surface area is 89.4 Å². The quantitative estimate of drug-likeness (QED) is 0.806. The smallest absolute Gasteiger partial charge is 0.243 e. The highest BCUT2D eigenvalue weighted by Crippen LogP contribution is 2.38. The van der Waals surface area contributed by atoms with E-state index in [4.69, 9.17) is 4.52 Å². The minimum atomic E-state index is 0.286. The second-order valence-corrected chi connectivity index (χ2v) is 4.90. The number of piperidine rings is 1. The molecule has 82 valence electrons. The van der Waals surface area contributed by atoms with E-state index in [1.807, 2.05) is 0 Å². The number of aromatic nitrogens is 2. The predicted molar refractivity (Wildman–Crippen MR) is 55.4 cm³/mol. The first kappa shape index (κ1) is 9.33. The molecule has 0 spiro atoms. The van der Waals surface area contributed by atoms with Gasteiger partial charge in [-0.2, -0.15) is 4.98 Å². The molecule has 1 aliphatic heterocycles. The maximum absolute atomic E-state index is 5.33. The van der Waals surface area contributed by atoms with Crippen molar-refractivity contribution in [1.29, 1.82) is 0 Å². The second kappa shape index (κ2) is 3.59. The molecule has 1 N–H and O–H groups in total. The van der Waals surface area contributed by atoms with Crippen LogP contribution in [-0.2, 0) is 0 Å². The summed E-state index contributed by atoms with van der Waals surface area (Å²) in [6.45, 7) is 3.35. The first-order valence-electron chi connectivity index (χ1n) is 5.90. The van der Waals surface area contributed by atoms with Gasteiger partial charge in [-0.1, -0.05) is 12.1 Å². The minimum absolute atomic E-state index is 0.286. The highest BCUT2D eigenvalue weighted by atomic mass is 16.5. The van der Waals surface area contributed by atoms with Gasteiger partial charge in [0.25, 0.3) is 0 Å². The van der Waals surface area contributed by atoms with Crippen LogP contribution in [0.5, 0.6) is 0 Å². The lowest BCUT2D eigenvalue weighted by Crippen LogP contribution is -2.30. The summed E-state index contributed by atoms with van der Waals surface area (Å²) in [4.78, 5) is 4.49. The van der Waals surface area contributed by atoms with Gasteiger partial charge in [0.2, 0.25) is 5.89 Å². The zero-order valence-corrected chi connectivity index (χ0v) is 9.07. The van der Waals surface area contributed by atoms with Crippen molar-refractivity contribution >= 4 is 0 Å². The summed E-state index contributed by atoms with van der Waals surface area (Å²) in [5, 5.41) is 7.49. The number of nitrogens with zero attached hydrogens (tertiary/aromatic N) is 2. The summed E-state index contributed by atoms with van der Waals surface area (Å²) in [5.74, 6) is 3.06. The maximum atomic E-state index is 5.33. The standard InChI is InChI=1S/C11H17N3O/c1-7-4-5-12-9(6-7)11-13-10(14-15-11)8-2-3-8/h7-9,12H,2-6H2,1H3. The molecule has 2 heterocycles. The van der Waals surface area contributed by atoms with Crippen molar-refractivity contribution in [3.63, 3.8) is 0 Å². The molecule has 0 radical (unpaired) electrons. The average Bonchev–Trinajstić information content (AvgIpc) is 2.97. The minimum Gasteiger partial charge on any atom is -0.338 e. The van der Waals surface area contributed by atoms with Gasteiger partial charge in [0, 0.05) is 5.92 Å². The number of nitrogens with one attached hydrogen (secondary N) is 1. The van der Waals surface area contributed by atoms with E-state index in [0.717, 1.165) is 30.6 Å². The Bertz CT molecular complexity index is 345. The summed E-state index contributed by atoms with van der Waals surface area (Å²) < 4.78 is 5.33. The molecule has 2 atom stereocenters. The van der Waals surface area contributed by atoms with Crippen LogP contribution in [0.25, 0.3) is 0 Å². The molecule has 1 saturated heterocycles. The van der Waals surface area contributed by atoms with E-state index >= 15 is 0 Å². The van der Waals surface area contributed by atoms with Crippen LogP contribution in [0, 0.1) is 5.92 Å². The van der Waals surface area contributed by atoms with Crippen LogP contribution in [0.15, 0.2) is 4.52 Å². The van der Waals surface area contributed by atoms with Crippen molar-refractivity contribution < 1.29 is 4.52 Å². The fourth-order valence-corrected chi connectivity index (χ4v) is 2.19. The van der Waals surface area contributed by atoms with Crippen LogP contribution in [-0.4, -0.2) is 16.7 Å². The maximum Gasteiger partial charge on any atom is 0.243 e. The number of hydrogen-bond donors (Lipinski definition) is 1. The van der Waals surface area contributed by atoms with Crippen molar-refractivity contribution in [3.8, 4) is 0 Å². The summed E-state index contributed by atoms with van der Waals surface area (Å²) in [5.41, 5.74) is 0. The molecular weight excluding hydrogens is 190 g/mol. The Morgan fingerprint density at radius 2 is 2.20 bits per heavy atom. The summed E-state index contributed by atoms with van der Waals surface area (Å²) in [7, 11) is 0. The third-order valence-electron chi connectivity index (χ3n) is 3.36. The Balaban J connectivity index is 1.73. The second-order valence-electron chi connectivity index (χ2n) is 4.90. The molecule has 3 rings (SSSR count). The highest BCUT2D eigenvalue weighted by molar-refractivity contribution is 5.05. The van der Waals surface area contributed by atoms with E-state index in [1.165, 1.54) is 19.3 Å². The highest BCUT2D eigenvalue weighted by Gasteiger charge is 2.31. The van der Waals surface area contributed by atoms with E-state index in [0.29, 0.717) is 5.92 Å². The van der Waals surface area contributed by atoms with Gasteiger partial charge in [-0.05, 0) is 38.1 Å². The largest absolute Gasteiger partial charge is 0.338 e. The van der Waals surface area contributed by atoms with Crippen LogP contribution >= 0.6 is 0 Å². The molecule has 0 bridgehead atoms. The zero-order chi connectivity index (χ0) is 10.3. The molecule has 2 unspecified atom stereocenters. The SMILES string of the molecule is CC1CCNC(c2nc(C3CC3)no2)C1. The monoisotopic (exact) mass is 207 g/mol. The average molecular weight is 207 g/mol. The van der Waals surface area contributed by atoms with Crippen LogP contribution in [0.2, 0.25) is 0 Å². The van der Waals surface area contributed by atoms with Gasteiger partial charge in [0.05, 0.1) is 6.04 Å². The molecule has 15 heavy (non-hydrogen) atoms. The Morgan fingerprint density at radius 3 is 2.93 bits per heavy atom. The van der Waals surface area contributed by atoms with Crippen molar-refractivity contribution in [2.45, 2.75) is 44.6 Å². The van der Waals surface area contributed by atoms with Crippen LogP contribution < -0.4 is 5.32 Å². The Kier molecular flexibility index (Phi) is 2.24. The summed E-state index contributed by atoms with van der Waals surface area (Å²) in [6.07, 6.45) is 4.83. The lowest BCUT2D eigenvalue weighted by molar-refractivity contribution is 0.259. The number of hydrogen-bond acceptors (Lipinski definition) is 4. The zero-order valence-electron chi connectivity index (χ0n) is 9.07. The molecule has 0 aromatic carbocycles. The molecule has 1 aromatic heterocycles. The van der Waals surface area contributed by atoms with Gasteiger partial charge in [0.1, 0.15) is 0 Å². The van der Waals surface area contributed by atoms with Crippen molar-refractivity contribution in [2.75, 3.05) is 6.54 Å². The molecule has 2 fully saturated rings. The molecule has 1 saturated carbocycles. The van der Waals surface area contributed by atoms with Gasteiger partial charge in [0.15, 0.2) is 5.82 Å². The molecule has 4 nitrogen and oxygen atoms in total. The Morgan fingerprint density at radius 1 is 1.33 bits per heavy atom. The summed E-state index contributed by atoms with van der Waals surface area (Å²) >= 11 is 0. The van der Waals surface area contributed by atoms with E-state index in [2.05, 4.69) is 22.4 Å². The third kappa shape index (κ3) is 1.91. The normalized spacial score (nSPS) is 31.8. The predicted octanol–water partition coefficient (Wildman–Crippen LogP) is 2.01. The van der Waals surface area contributed by atoms with Gasteiger partial charge in [-0.3, -0.25) is 0 Å². The van der Waals surface area contributed by atoms with E-state index in [1.54, 1.807) is 0 Å². The first-order valence-corrected chi connectivity index (χ1v) is 5.90. The lowest BCUT2D eigenvalue weighted by atomic mass is 9.94. The first-order chi connectivity index (χ1) is 7.33. The van der Waals surface area contributed by atoms with E-state index in [-0.39, 0.29) is 6.04 Å². The van der Waals surface area contributed by atoms with Crippen LogP contribution in [0.3, 0.4) is 0 Å². The molecule has 1 aliphatic carbocycles. The molecule has 4 heteroatoms. The lowest BCUT2D eigenvalue weighted by Gasteiger charge is -2.25. The molecular formula is C11H17N3O. The van der Waals surface area contributed by atoms with Gasteiger partial charge in [-0.25, -0.2) is 0 Å². The fourth-order valence-electron chi connectivity index (χ4n) is 2.19. The van der Waals surface area contributed by atoms with Gasteiger partial charge >= 0.3 is 0 Å². The van der Waals surface area contributed by atoms with Crippen molar-refractivity contribution in [2.24, 2.45) is 5.92 Å².